The molecule has 15 heavy (non-hydrogen) atoms. The van der Waals surface area contributed by atoms with Gasteiger partial charge in [-0.15, -0.1) is 0 Å². The summed E-state index contributed by atoms with van der Waals surface area (Å²) in [5, 5.41) is 25.0. The van der Waals surface area contributed by atoms with Crippen LogP contribution in [0.4, 0.5) is 0 Å². The molecule has 5 nitrogen and oxygen atoms in total. The minimum absolute atomic E-state index is 0.00712. The SMILES string of the molecule is CC(OCCO)OCCO.CCC(C)O. The number of hydrogen-bond acceptors (Lipinski definition) is 5. The summed E-state index contributed by atoms with van der Waals surface area (Å²) in [5.74, 6) is 0. The predicted octanol–water partition coefficient (Wildman–Crippen LogP) is 0.127. The van der Waals surface area contributed by atoms with Crippen LogP contribution in [0.5, 0.6) is 0 Å². The van der Waals surface area contributed by atoms with E-state index in [1.807, 2.05) is 6.92 Å². The van der Waals surface area contributed by atoms with Gasteiger partial charge in [-0.3, -0.25) is 0 Å². The van der Waals surface area contributed by atoms with Gasteiger partial charge >= 0.3 is 0 Å². The Hall–Kier alpha value is -0.200. The van der Waals surface area contributed by atoms with E-state index in [0.717, 1.165) is 6.42 Å². The van der Waals surface area contributed by atoms with Gasteiger partial charge in [-0.25, -0.2) is 0 Å². The van der Waals surface area contributed by atoms with Crippen molar-refractivity contribution in [3.8, 4) is 0 Å². The van der Waals surface area contributed by atoms with E-state index in [-0.39, 0.29) is 38.8 Å². The lowest BCUT2D eigenvalue weighted by atomic mass is 10.3. The number of rotatable bonds is 7. The third-order valence-electron chi connectivity index (χ3n) is 1.48. The molecule has 0 aromatic rings. The van der Waals surface area contributed by atoms with E-state index in [1.165, 1.54) is 0 Å². The van der Waals surface area contributed by atoms with Crippen molar-refractivity contribution >= 4 is 0 Å². The smallest absolute Gasteiger partial charge is 0.155 e. The largest absolute Gasteiger partial charge is 0.394 e. The molecule has 0 aromatic heterocycles. The van der Waals surface area contributed by atoms with Crippen LogP contribution in [0, 0.1) is 0 Å². The van der Waals surface area contributed by atoms with E-state index < -0.39 is 0 Å². The van der Waals surface area contributed by atoms with Gasteiger partial charge in [0.1, 0.15) is 0 Å². The maximum absolute atomic E-state index is 8.36. The van der Waals surface area contributed by atoms with E-state index in [0.29, 0.717) is 0 Å². The van der Waals surface area contributed by atoms with Gasteiger partial charge in [-0.05, 0) is 20.3 Å². The van der Waals surface area contributed by atoms with Crippen molar-refractivity contribution in [3.63, 3.8) is 0 Å². The molecule has 0 spiro atoms. The second kappa shape index (κ2) is 13.8. The summed E-state index contributed by atoms with van der Waals surface area (Å²) in [6.45, 7) is 5.97. The molecule has 0 rings (SSSR count). The van der Waals surface area contributed by atoms with Crippen LogP contribution in [0.1, 0.15) is 27.2 Å². The van der Waals surface area contributed by atoms with Crippen molar-refractivity contribution < 1.29 is 24.8 Å². The summed E-state index contributed by atoms with van der Waals surface area (Å²) in [7, 11) is 0. The molecule has 0 saturated carbocycles. The first-order chi connectivity index (χ1) is 7.08. The third-order valence-corrected chi connectivity index (χ3v) is 1.48. The van der Waals surface area contributed by atoms with Gasteiger partial charge in [0.15, 0.2) is 6.29 Å². The van der Waals surface area contributed by atoms with E-state index in [1.54, 1.807) is 13.8 Å². The molecule has 0 aromatic carbocycles. The average Bonchev–Trinajstić information content (AvgIpc) is 2.24. The van der Waals surface area contributed by atoms with Crippen molar-refractivity contribution in [1.29, 1.82) is 0 Å². The molecule has 5 heteroatoms. The molecule has 0 aliphatic carbocycles. The second-order valence-corrected chi connectivity index (χ2v) is 3.01. The molecule has 0 aliphatic heterocycles. The van der Waals surface area contributed by atoms with Crippen molar-refractivity contribution in [1.82, 2.24) is 0 Å². The maximum atomic E-state index is 8.36. The first-order valence-electron chi connectivity index (χ1n) is 5.21. The van der Waals surface area contributed by atoms with Crippen molar-refractivity contribution in [3.05, 3.63) is 0 Å². The number of aliphatic hydroxyl groups excluding tert-OH is 3. The first kappa shape index (κ1) is 17.2. The molecule has 0 radical (unpaired) electrons. The molecule has 0 bridgehead atoms. The Balaban J connectivity index is 0. The van der Waals surface area contributed by atoms with Gasteiger partial charge in [-0.2, -0.15) is 0 Å². The average molecular weight is 224 g/mol. The number of hydrogen-bond donors (Lipinski definition) is 3. The zero-order valence-electron chi connectivity index (χ0n) is 9.85. The van der Waals surface area contributed by atoms with Gasteiger partial charge in [0.25, 0.3) is 0 Å². The molecule has 3 N–H and O–H groups in total. The number of ether oxygens (including phenoxy) is 2. The molecule has 1 unspecified atom stereocenters. The van der Waals surface area contributed by atoms with Crippen LogP contribution in [0.3, 0.4) is 0 Å². The summed E-state index contributed by atoms with van der Waals surface area (Å²) >= 11 is 0. The molecule has 0 amide bonds. The Morgan fingerprint density at radius 1 is 1.00 bits per heavy atom. The summed E-state index contributed by atoms with van der Waals surface area (Å²) in [5.41, 5.74) is 0. The second-order valence-electron chi connectivity index (χ2n) is 3.01. The van der Waals surface area contributed by atoms with Crippen LogP contribution in [-0.4, -0.2) is 54.1 Å². The van der Waals surface area contributed by atoms with Crippen molar-refractivity contribution in [2.75, 3.05) is 26.4 Å². The van der Waals surface area contributed by atoms with Crippen LogP contribution in [0.15, 0.2) is 0 Å². The molecular formula is C10H24O5. The Morgan fingerprint density at radius 2 is 1.33 bits per heavy atom. The normalized spacial score (nSPS) is 12.2. The fourth-order valence-electron chi connectivity index (χ4n) is 0.485. The van der Waals surface area contributed by atoms with Crippen LogP contribution < -0.4 is 0 Å². The topological polar surface area (TPSA) is 79.2 Å². The molecule has 0 aliphatic rings. The summed E-state index contributed by atoms with van der Waals surface area (Å²) in [4.78, 5) is 0. The summed E-state index contributed by atoms with van der Waals surface area (Å²) in [6.07, 6.45) is 0.397. The lowest BCUT2D eigenvalue weighted by Crippen LogP contribution is -2.17. The third kappa shape index (κ3) is 20.0. The molecule has 0 saturated heterocycles. The van der Waals surface area contributed by atoms with Crippen molar-refractivity contribution in [2.45, 2.75) is 39.6 Å². The molecular weight excluding hydrogens is 200 g/mol. The van der Waals surface area contributed by atoms with Crippen LogP contribution in [0.2, 0.25) is 0 Å². The van der Waals surface area contributed by atoms with Crippen LogP contribution >= 0.6 is 0 Å². The summed E-state index contributed by atoms with van der Waals surface area (Å²) < 4.78 is 9.82. The highest BCUT2D eigenvalue weighted by molar-refractivity contribution is 4.34. The maximum Gasteiger partial charge on any atom is 0.155 e. The van der Waals surface area contributed by atoms with Gasteiger partial charge in [0.2, 0.25) is 0 Å². The minimum atomic E-state index is -0.348. The molecule has 94 valence electrons. The first-order valence-corrected chi connectivity index (χ1v) is 5.21. The fourth-order valence-corrected chi connectivity index (χ4v) is 0.485. The molecule has 1 atom stereocenters. The highest BCUT2D eigenvalue weighted by Crippen LogP contribution is 1.91. The lowest BCUT2D eigenvalue weighted by molar-refractivity contribution is -0.140. The Bertz CT molecular complexity index is 100.0. The van der Waals surface area contributed by atoms with Crippen LogP contribution in [-0.2, 0) is 9.47 Å². The fraction of sp³-hybridized carbons (Fsp3) is 1.00. The number of aliphatic hydroxyl groups is 3. The lowest BCUT2D eigenvalue weighted by Gasteiger charge is -2.11. The predicted molar refractivity (Wildman–Crippen MR) is 57.5 cm³/mol. The van der Waals surface area contributed by atoms with Gasteiger partial charge in [0.05, 0.1) is 32.5 Å². The quantitative estimate of drug-likeness (QED) is 0.536. The Kier molecular flexibility index (Phi) is 15.8. The van der Waals surface area contributed by atoms with Gasteiger partial charge in [-0.1, -0.05) is 6.92 Å². The van der Waals surface area contributed by atoms with Gasteiger partial charge < -0.3 is 24.8 Å². The minimum Gasteiger partial charge on any atom is -0.394 e. The highest BCUT2D eigenvalue weighted by atomic mass is 16.7. The summed E-state index contributed by atoms with van der Waals surface area (Å²) in [6, 6.07) is 0. The van der Waals surface area contributed by atoms with Crippen LogP contribution in [0.25, 0.3) is 0 Å². The van der Waals surface area contributed by atoms with Gasteiger partial charge in [0, 0.05) is 0 Å². The van der Waals surface area contributed by atoms with E-state index in [9.17, 15) is 0 Å². The highest BCUT2D eigenvalue weighted by Gasteiger charge is 1.98. The zero-order chi connectivity index (χ0) is 12.1. The van der Waals surface area contributed by atoms with E-state index >= 15 is 0 Å². The Morgan fingerprint density at radius 3 is 1.53 bits per heavy atom. The molecule has 0 fully saturated rings. The monoisotopic (exact) mass is 224 g/mol. The standard InChI is InChI=1S/C6H14O4.C4H10O/c1-6(9-4-2-7)10-5-3-8;1-3-4(2)5/h6-8H,2-5H2,1H3;4-5H,3H2,1-2H3. The van der Waals surface area contributed by atoms with E-state index in [4.69, 9.17) is 24.8 Å². The Labute approximate surface area is 91.6 Å². The molecule has 0 heterocycles. The van der Waals surface area contributed by atoms with E-state index in [2.05, 4.69) is 0 Å². The van der Waals surface area contributed by atoms with Crippen molar-refractivity contribution in [2.24, 2.45) is 0 Å². The zero-order valence-corrected chi connectivity index (χ0v) is 9.85.